The summed E-state index contributed by atoms with van der Waals surface area (Å²) in [5, 5.41) is 19.6. The van der Waals surface area contributed by atoms with Gasteiger partial charge in [-0.25, -0.2) is 9.97 Å². The van der Waals surface area contributed by atoms with Crippen molar-refractivity contribution in [2.24, 2.45) is 0 Å². The van der Waals surface area contributed by atoms with Crippen LogP contribution in [0, 0.1) is 0 Å². The molecule has 0 amide bonds. The fourth-order valence-corrected chi connectivity index (χ4v) is 5.22. The maximum Gasteiger partial charge on any atom is 0.227 e. The number of hydrogen-bond donors (Lipinski definition) is 4. The van der Waals surface area contributed by atoms with Crippen LogP contribution in [0.1, 0.15) is 12.8 Å². The molecule has 4 heterocycles. The number of nitrogens with one attached hydrogen (secondary N) is 3. The van der Waals surface area contributed by atoms with Gasteiger partial charge in [0.25, 0.3) is 0 Å². The molecule has 1 aromatic heterocycles. The van der Waals surface area contributed by atoms with Crippen LogP contribution in [-0.4, -0.2) is 71.8 Å². The summed E-state index contributed by atoms with van der Waals surface area (Å²) < 4.78 is 5.50. The molecule has 3 aliphatic heterocycles. The Morgan fingerprint density at radius 1 is 0.914 bits per heavy atom. The molecular formula is C26H31N7O2. The molecule has 182 valence electrons. The summed E-state index contributed by atoms with van der Waals surface area (Å²) in [4.78, 5) is 14.3. The predicted octanol–water partition coefficient (Wildman–Crippen LogP) is 3.30. The number of morpholine rings is 1. The van der Waals surface area contributed by atoms with E-state index in [2.05, 4.69) is 55.0 Å². The zero-order chi connectivity index (χ0) is 23.6. The quantitative estimate of drug-likeness (QED) is 0.455. The molecule has 0 bridgehead atoms. The van der Waals surface area contributed by atoms with Gasteiger partial charge >= 0.3 is 0 Å². The summed E-state index contributed by atoms with van der Waals surface area (Å²) in [5.74, 6) is 0.510. The second kappa shape index (κ2) is 9.69. The van der Waals surface area contributed by atoms with Crippen molar-refractivity contribution in [1.82, 2.24) is 14.9 Å². The second-order valence-corrected chi connectivity index (χ2v) is 9.23. The molecule has 0 saturated carbocycles. The van der Waals surface area contributed by atoms with Crippen LogP contribution >= 0.6 is 0 Å². The van der Waals surface area contributed by atoms with Gasteiger partial charge in [0, 0.05) is 54.8 Å². The van der Waals surface area contributed by atoms with Crippen LogP contribution in [0.4, 0.5) is 28.7 Å². The van der Waals surface area contributed by atoms with Crippen molar-refractivity contribution in [3.8, 4) is 11.3 Å². The number of nitrogens with zero attached hydrogens (tertiary/aromatic N) is 4. The van der Waals surface area contributed by atoms with Crippen LogP contribution in [-0.2, 0) is 4.74 Å². The molecule has 4 N–H and O–H groups in total. The first-order valence-electron chi connectivity index (χ1n) is 12.3. The Labute approximate surface area is 205 Å². The normalized spacial score (nSPS) is 20.7. The highest BCUT2D eigenvalue weighted by Crippen LogP contribution is 2.35. The monoisotopic (exact) mass is 473 g/mol. The van der Waals surface area contributed by atoms with Crippen LogP contribution in [0.2, 0.25) is 0 Å². The van der Waals surface area contributed by atoms with Gasteiger partial charge in [-0.1, -0.05) is 18.2 Å². The largest absolute Gasteiger partial charge is 0.379 e. The summed E-state index contributed by atoms with van der Waals surface area (Å²) in [6.07, 6.45) is 3.18. The molecule has 6 rings (SSSR count). The molecule has 0 radical (unpaired) electrons. The summed E-state index contributed by atoms with van der Waals surface area (Å²) >= 11 is 0. The number of benzene rings is 2. The molecule has 2 fully saturated rings. The minimum absolute atomic E-state index is 0.510. The van der Waals surface area contributed by atoms with E-state index in [9.17, 15) is 5.11 Å². The minimum Gasteiger partial charge on any atom is -0.379 e. The Balaban J connectivity index is 1.13. The molecule has 2 aromatic carbocycles. The molecule has 9 heteroatoms. The summed E-state index contributed by atoms with van der Waals surface area (Å²) in [6.45, 7) is 6.02. The van der Waals surface area contributed by atoms with Crippen molar-refractivity contribution < 1.29 is 9.84 Å². The average Bonchev–Trinajstić information content (AvgIpc) is 3.05. The SMILES string of the molecule is OC1Nc2ccccc2-c2nc(Nc3ccc(N4CCC(N5CCOCC5)CC4)cc3)ncc2N1. The van der Waals surface area contributed by atoms with Gasteiger partial charge in [0.2, 0.25) is 12.3 Å². The van der Waals surface area contributed by atoms with E-state index in [1.165, 1.54) is 18.5 Å². The number of ether oxygens (including phenoxy) is 1. The smallest absolute Gasteiger partial charge is 0.227 e. The Morgan fingerprint density at radius 3 is 2.46 bits per heavy atom. The lowest BCUT2D eigenvalue weighted by atomic mass is 10.0. The second-order valence-electron chi connectivity index (χ2n) is 9.23. The molecule has 1 atom stereocenters. The van der Waals surface area contributed by atoms with E-state index >= 15 is 0 Å². The lowest BCUT2D eigenvalue weighted by molar-refractivity contribution is 0.0115. The third kappa shape index (κ3) is 4.75. The fraction of sp³-hybridized carbons (Fsp3) is 0.385. The van der Waals surface area contributed by atoms with Crippen molar-refractivity contribution in [3.05, 3.63) is 54.7 Å². The van der Waals surface area contributed by atoms with Crippen LogP contribution in [0.3, 0.4) is 0 Å². The maximum absolute atomic E-state index is 10.2. The lowest BCUT2D eigenvalue weighted by Crippen LogP contribution is -2.49. The highest BCUT2D eigenvalue weighted by molar-refractivity contribution is 5.85. The van der Waals surface area contributed by atoms with E-state index in [0.717, 1.165) is 62.0 Å². The van der Waals surface area contributed by atoms with Gasteiger partial charge in [-0.3, -0.25) is 4.90 Å². The molecule has 0 spiro atoms. The standard InChI is InChI=1S/C26H31N7O2/c34-26-29-22-4-2-1-3-21(22)24-23(30-26)17-27-25(31-24)28-18-5-7-19(8-6-18)32-11-9-20(10-12-32)33-13-15-35-16-14-33/h1-8,17,20,26,29-30,34H,9-16H2,(H,27,28,31). The number of anilines is 5. The third-order valence-electron chi connectivity index (χ3n) is 7.07. The fourth-order valence-electron chi connectivity index (χ4n) is 5.22. The predicted molar refractivity (Wildman–Crippen MR) is 138 cm³/mol. The van der Waals surface area contributed by atoms with Gasteiger partial charge in [-0.2, -0.15) is 0 Å². The van der Waals surface area contributed by atoms with E-state index < -0.39 is 6.35 Å². The van der Waals surface area contributed by atoms with Crippen molar-refractivity contribution >= 4 is 28.7 Å². The maximum atomic E-state index is 10.2. The topological polar surface area (TPSA) is 97.8 Å². The molecule has 3 aromatic rings. The number of piperidine rings is 1. The zero-order valence-electron chi connectivity index (χ0n) is 19.7. The van der Waals surface area contributed by atoms with Gasteiger partial charge in [0.05, 0.1) is 25.1 Å². The van der Waals surface area contributed by atoms with Crippen molar-refractivity contribution in [3.63, 3.8) is 0 Å². The number of para-hydroxylation sites is 1. The number of aromatic nitrogens is 2. The van der Waals surface area contributed by atoms with Crippen molar-refractivity contribution in [2.45, 2.75) is 25.2 Å². The van der Waals surface area contributed by atoms with E-state index in [0.29, 0.717) is 17.7 Å². The summed E-state index contributed by atoms with van der Waals surface area (Å²) in [6, 6.07) is 17.0. The highest BCUT2D eigenvalue weighted by atomic mass is 16.5. The van der Waals surface area contributed by atoms with E-state index in [1.807, 2.05) is 24.3 Å². The molecule has 1 unspecified atom stereocenters. The van der Waals surface area contributed by atoms with Crippen LogP contribution in [0.5, 0.6) is 0 Å². The van der Waals surface area contributed by atoms with Crippen molar-refractivity contribution in [2.75, 3.05) is 60.2 Å². The lowest BCUT2D eigenvalue weighted by Gasteiger charge is -2.40. The number of aliphatic hydroxyl groups excluding tert-OH is 1. The Bertz CT molecular complexity index is 1160. The molecule has 3 aliphatic rings. The number of hydrogen-bond acceptors (Lipinski definition) is 9. The highest BCUT2D eigenvalue weighted by Gasteiger charge is 2.26. The zero-order valence-corrected chi connectivity index (χ0v) is 19.7. The van der Waals surface area contributed by atoms with Crippen LogP contribution in [0.15, 0.2) is 54.7 Å². The third-order valence-corrected chi connectivity index (χ3v) is 7.07. The molecule has 2 saturated heterocycles. The van der Waals surface area contributed by atoms with Gasteiger partial charge in [0.15, 0.2) is 0 Å². The Morgan fingerprint density at radius 2 is 1.66 bits per heavy atom. The number of aliphatic hydroxyl groups is 1. The average molecular weight is 474 g/mol. The first-order chi connectivity index (χ1) is 17.2. The number of rotatable bonds is 4. The molecule has 35 heavy (non-hydrogen) atoms. The summed E-state index contributed by atoms with van der Waals surface area (Å²) in [7, 11) is 0. The van der Waals surface area contributed by atoms with E-state index in [4.69, 9.17) is 9.72 Å². The minimum atomic E-state index is -0.911. The van der Waals surface area contributed by atoms with Crippen LogP contribution < -0.4 is 20.9 Å². The molecule has 0 aliphatic carbocycles. The Hall–Kier alpha value is -3.40. The van der Waals surface area contributed by atoms with Crippen molar-refractivity contribution in [1.29, 1.82) is 0 Å². The van der Waals surface area contributed by atoms with Gasteiger partial charge in [-0.15, -0.1) is 0 Å². The first-order valence-corrected chi connectivity index (χ1v) is 12.3. The first kappa shape index (κ1) is 22.1. The van der Waals surface area contributed by atoms with Gasteiger partial charge < -0.3 is 30.7 Å². The number of fused-ring (bicyclic) bond motifs is 3. The summed E-state index contributed by atoms with van der Waals surface area (Å²) in [5.41, 5.74) is 5.32. The molecular weight excluding hydrogens is 442 g/mol. The molecule has 9 nitrogen and oxygen atoms in total. The van der Waals surface area contributed by atoms with Gasteiger partial charge in [-0.05, 0) is 43.2 Å². The Kier molecular flexibility index (Phi) is 6.12. The van der Waals surface area contributed by atoms with Crippen LogP contribution in [0.25, 0.3) is 11.3 Å². The van der Waals surface area contributed by atoms with Gasteiger partial charge in [0.1, 0.15) is 5.69 Å². The van der Waals surface area contributed by atoms with E-state index in [-0.39, 0.29) is 0 Å². The van der Waals surface area contributed by atoms with E-state index in [1.54, 1.807) is 6.20 Å².